The summed E-state index contributed by atoms with van der Waals surface area (Å²) in [4.78, 5) is 50.3. The van der Waals surface area contributed by atoms with Crippen LogP contribution in [0, 0.1) is 0 Å². The number of imide groups is 1. The second-order valence-electron chi connectivity index (χ2n) is 6.15. The van der Waals surface area contributed by atoms with E-state index in [1.807, 2.05) is 6.07 Å². The molecule has 8 heteroatoms. The number of nitrogens with zero attached hydrogens (tertiary/aromatic N) is 2. The van der Waals surface area contributed by atoms with Crippen molar-refractivity contribution in [1.82, 2.24) is 20.7 Å². The van der Waals surface area contributed by atoms with Crippen LogP contribution in [0.25, 0.3) is 0 Å². The number of amides is 5. The van der Waals surface area contributed by atoms with Gasteiger partial charge in [-0.05, 0) is 18.4 Å². The molecule has 8 nitrogen and oxygen atoms in total. The molecule has 0 spiro atoms. The van der Waals surface area contributed by atoms with Gasteiger partial charge in [-0.15, -0.1) is 0 Å². The average molecular weight is 344 g/mol. The Bertz CT molecular complexity index is 721. The van der Waals surface area contributed by atoms with E-state index in [0.717, 1.165) is 0 Å². The van der Waals surface area contributed by atoms with E-state index >= 15 is 0 Å². The van der Waals surface area contributed by atoms with Gasteiger partial charge in [-0.3, -0.25) is 19.8 Å². The Morgan fingerprint density at radius 1 is 1.24 bits per heavy atom. The maximum atomic E-state index is 12.9. The largest absolute Gasteiger partial charge is 0.344 e. The van der Waals surface area contributed by atoms with Crippen LogP contribution in [-0.4, -0.2) is 46.8 Å². The third kappa shape index (κ3) is 2.95. The number of carbonyl (C=O) groups is 4. The minimum absolute atomic E-state index is 0.0976. The lowest BCUT2D eigenvalue weighted by atomic mass is 9.87. The molecule has 2 N–H and O–H groups in total. The highest BCUT2D eigenvalue weighted by molar-refractivity contribution is 6.08. The van der Waals surface area contributed by atoms with E-state index in [9.17, 15) is 19.2 Å². The molecule has 5 amide bonds. The van der Waals surface area contributed by atoms with Crippen molar-refractivity contribution in [3.63, 3.8) is 0 Å². The number of hydrogen-bond donors (Lipinski definition) is 2. The normalized spacial score (nSPS) is 23.2. The second kappa shape index (κ2) is 6.54. The topological polar surface area (TPSA) is 98.8 Å². The lowest BCUT2D eigenvalue weighted by Gasteiger charge is -2.25. The van der Waals surface area contributed by atoms with Gasteiger partial charge in [-0.1, -0.05) is 37.3 Å². The summed E-state index contributed by atoms with van der Waals surface area (Å²) in [7, 11) is 0. The molecule has 3 rings (SSSR count). The molecule has 2 heterocycles. The average Bonchev–Trinajstić information content (AvgIpc) is 3.12. The molecule has 2 fully saturated rings. The number of hydrogen-bond acceptors (Lipinski definition) is 4. The number of nitrogens with one attached hydrogen (secondary N) is 2. The van der Waals surface area contributed by atoms with Gasteiger partial charge in [0.1, 0.15) is 12.1 Å². The number of urea groups is 1. The highest BCUT2D eigenvalue weighted by Gasteiger charge is 2.52. The molecule has 0 bridgehead atoms. The fourth-order valence-corrected chi connectivity index (χ4v) is 3.24. The standard InChI is InChI=1S/C17H20N4O4/c1-2-17(12-7-4-3-5-8-12)15(24)21(16(25)18-17)19-13(22)11-20-10-6-9-14(20)23/h3-5,7-8H,2,6,9-11H2,1H3,(H,18,25)(H,19,22)/t17-/m0/s1. The summed E-state index contributed by atoms with van der Waals surface area (Å²) in [5, 5.41) is 3.39. The molecular formula is C17H20N4O4. The molecule has 25 heavy (non-hydrogen) atoms. The Morgan fingerprint density at radius 3 is 2.56 bits per heavy atom. The zero-order chi connectivity index (χ0) is 18.0. The van der Waals surface area contributed by atoms with Gasteiger partial charge in [0, 0.05) is 13.0 Å². The zero-order valence-corrected chi connectivity index (χ0v) is 13.9. The maximum Gasteiger partial charge on any atom is 0.344 e. The molecule has 0 aromatic heterocycles. The van der Waals surface area contributed by atoms with Gasteiger partial charge >= 0.3 is 6.03 Å². The van der Waals surface area contributed by atoms with Gasteiger partial charge < -0.3 is 10.2 Å². The summed E-state index contributed by atoms with van der Waals surface area (Å²) in [6, 6.07) is 8.22. The van der Waals surface area contributed by atoms with Crippen LogP contribution in [0.15, 0.2) is 30.3 Å². The van der Waals surface area contributed by atoms with Gasteiger partial charge in [-0.25, -0.2) is 4.79 Å². The van der Waals surface area contributed by atoms with Gasteiger partial charge in [0.2, 0.25) is 5.91 Å². The van der Waals surface area contributed by atoms with Crippen molar-refractivity contribution in [2.75, 3.05) is 13.1 Å². The fraction of sp³-hybridized carbons (Fsp3) is 0.412. The fourth-order valence-electron chi connectivity index (χ4n) is 3.24. The molecule has 0 aliphatic carbocycles. The predicted octanol–water partition coefficient (Wildman–Crippen LogP) is 0.497. The first-order chi connectivity index (χ1) is 12.0. The molecule has 2 saturated heterocycles. The van der Waals surface area contributed by atoms with E-state index in [2.05, 4.69) is 10.7 Å². The number of rotatable bonds is 5. The van der Waals surface area contributed by atoms with Crippen LogP contribution in [0.2, 0.25) is 0 Å². The van der Waals surface area contributed by atoms with Crippen LogP contribution in [0.1, 0.15) is 31.7 Å². The molecule has 1 aromatic rings. The maximum absolute atomic E-state index is 12.9. The van der Waals surface area contributed by atoms with Gasteiger partial charge in [0.15, 0.2) is 0 Å². The summed E-state index contributed by atoms with van der Waals surface area (Å²) in [5.74, 6) is -1.20. The van der Waals surface area contributed by atoms with E-state index in [0.29, 0.717) is 36.4 Å². The highest BCUT2D eigenvalue weighted by atomic mass is 16.2. The molecule has 1 atom stereocenters. The summed E-state index contributed by atoms with van der Waals surface area (Å²) in [6.07, 6.45) is 1.48. The van der Waals surface area contributed by atoms with Gasteiger partial charge in [0.25, 0.3) is 11.8 Å². The number of benzene rings is 1. The van der Waals surface area contributed by atoms with Gasteiger partial charge in [-0.2, -0.15) is 5.01 Å². The van der Waals surface area contributed by atoms with Crippen LogP contribution in [0.5, 0.6) is 0 Å². The van der Waals surface area contributed by atoms with Crippen molar-refractivity contribution >= 4 is 23.8 Å². The van der Waals surface area contributed by atoms with Crippen molar-refractivity contribution in [3.05, 3.63) is 35.9 Å². The summed E-state index contributed by atoms with van der Waals surface area (Å²) in [6.45, 7) is 2.13. The molecule has 132 valence electrons. The van der Waals surface area contributed by atoms with Crippen molar-refractivity contribution in [3.8, 4) is 0 Å². The first-order valence-corrected chi connectivity index (χ1v) is 8.27. The molecule has 2 aliphatic rings. The number of likely N-dealkylation sites (tertiary alicyclic amines) is 1. The molecule has 0 unspecified atom stereocenters. The van der Waals surface area contributed by atoms with Crippen LogP contribution in [-0.2, 0) is 19.9 Å². The van der Waals surface area contributed by atoms with Crippen molar-refractivity contribution in [2.24, 2.45) is 0 Å². The summed E-state index contributed by atoms with van der Waals surface area (Å²) >= 11 is 0. The minimum atomic E-state index is -1.20. The third-order valence-electron chi connectivity index (χ3n) is 4.63. The molecule has 0 radical (unpaired) electrons. The minimum Gasteiger partial charge on any atom is -0.333 e. The number of carbonyl (C=O) groups excluding carboxylic acids is 4. The van der Waals surface area contributed by atoms with E-state index in [1.165, 1.54) is 4.90 Å². The molecule has 2 aliphatic heterocycles. The van der Waals surface area contributed by atoms with Crippen LogP contribution >= 0.6 is 0 Å². The Kier molecular flexibility index (Phi) is 4.43. The van der Waals surface area contributed by atoms with Crippen molar-refractivity contribution in [2.45, 2.75) is 31.7 Å². The Morgan fingerprint density at radius 2 is 1.96 bits per heavy atom. The molecular weight excluding hydrogens is 324 g/mol. The molecule has 1 aromatic carbocycles. The Hall–Kier alpha value is -2.90. The monoisotopic (exact) mass is 344 g/mol. The smallest absolute Gasteiger partial charge is 0.333 e. The van der Waals surface area contributed by atoms with Crippen LogP contribution in [0.3, 0.4) is 0 Å². The second-order valence-corrected chi connectivity index (χ2v) is 6.15. The van der Waals surface area contributed by atoms with E-state index < -0.39 is 23.4 Å². The van der Waals surface area contributed by atoms with E-state index in [4.69, 9.17) is 0 Å². The first kappa shape index (κ1) is 16.9. The predicted molar refractivity (Wildman–Crippen MR) is 87.7 cm³/mol. The lowest BCUT2D eigenvalue weighted by Crippen LogP contribution is -2.51. The lowest BCUT2D eigenvalue weighted by molar-refractivity contribution is -0.141. The molecule has 0 saturated carbocycles. The highest BCUT2D eigenvalue weighted by Crippen LogP contribution is 2.31. The summed E-state index contributed by atoms with van der Waals surface area (Å²) < 4.78 is 0. The SMILES string of the molecule is CC[C@@]1(c2ccccc2)NC(=O)N(NC(=O)CN2CCCC2=O)C1=O. The quantitative estimate of drug-likeness (QED) is 0.760. The first-order valence-electron chi connectivity index (χ1n) is 8.27. The Balaban J connectivity index is 1.75. The van der Waals surface area contributed by atoms with E-state index in [1.54, 1.807) is 31.2 Å². The van der Waals surface area contributed by atoms with Crippen molar-refractivity contribution in [1.29, 1.82) is 0 Å². The van der Waals surface area contributed by atoms with Crippen molar-refractivity contribution < 1.29 is 19.2 Å². The Labute approximate surface area is 145 Å². The zero-order valence-electron chi connectivity index (χ0n) is 13.9. The van der Waals surface area contributed by atoms with Crippen LogP contribution in [0.4, 0.5) is 4.79 Å². The van der Waals surface area contributed by atoms with Crippen LogP contribution < -0.4 is 10.7 Å². The van der Waals surface area contributed by atoms with E-state index in [-0.39, 0.29) is 12.5 Å². The van der Waals surface area contributed by atoms with Gasteiger partial charge in [0.05, 0.1) is 0 Å². The number of hydrazine groups is 1. The third-order valence-corrected chi connectivity index (χ3v) is 4.63. The summed E-state index contributed by atoms with van der Waals surface area (Å²) in [5.41, 5.74) is 1.78.